The minimum absolute atomic E-state index is 0.778. The van der Waals surface area contributed by atoms with Crippen LogP contribution in [0.2, 0.25) is 4.34 Å². The number of thiophene rings is 1. The molecule has 0 amide bonds. The number of fused-ring (bicyclic) bond motifs is 1. The lowest BCUT2D eigenvalue weighted by Crippen LogP contribution is -2.38. The molecule has 0 bridgehead atoms. The highest BCUT2D eigenvalue weighted by Gasteiger charge is 2.14. The van der Waals surface area contributed by atoms with Crippen LogP contribution in [0.15, 0.2) is 17.1 Å². The van der Waals surface area contributed by atoms with Crippen molar-refractivity contribution < 1.29 is 0 Å². The highest BCUT2D eigenvalue weighted by molar-refractivity contribution is 7.16. The van der Waals surface area contributed by atoms with Crippen LogP contribution in [0.25, 0.3) is 0 Å². The summed E-state index contributed by atoms with van der Waals surface area (Å²) in [6, 6.07) is 4.02. The number of aromatic nitrogens is 3. The van der Waals surface area contributed by atoms with Crippen molar-refractivity contribution >= 4 is 28.9 Å². The zero-order valence-corrected chi connectivity index (χ0v) is 17.8. The minimum atomic E-state index is 0.778. The average Bonchev–Trinajstić information content (AvgIpc) is 3.15. The third-order valence-electron chi connectivity index (χ3n) is 4.72. The fraction of sp³-hybridized carbons (Fsp3) is 0.632. The van der Waals surface area contributed by atoms with Crippen molar-refractivity contribution in [3.05, 3.63) is 33.0 Å². The summed E-state index contributed by atoms with van der Waals surface area (Å²) >= 11 is 7.65. The maximum Gasteiger partial charge on any atom is 0.193 e. The van der Waals surface area contributed by atoms with E-state index in [1.165, 1.54) is 24.1 Å². The highest BCUT2D eigenvalue weighted by Crippen LogP contribution is 2.22. The maximum atomic E-state index is 6.04. The Labute approximate surface area is 170 Å². The molecule has 1 N–H and O–H groups in total. The van der Waals surface area contributed by atoms with E-state index in [9.17, 15) is 0 Å². The molecule has 2 aromatic heterocycles. The first-order valence-corrected chi connectivity index (χ1v) is 11.0. The summed E-state index contributed by atoms with van der Waals surface area (Å²) < 4.78 is 3.15. The van der Waals surface area contributed by atoms with Crippen LogP contribution >= 0.6 is 22.9 Å². The first kappa shape index (κ1) is 20.1. The number of aliphatic imine (C=N–C) groups is 1. The first-order chi connectivity index (χ1) is 13.2. The molecule has 0 saturated heterocycles. The summed E-state index contributed by atoms with van der Waals surface area (Å²) in [6.07, 6.45) is 6.73. The number of guanidine groups is 1. The number of nitrogens with one attached hydrogen (secondary N) is 1. The molecule has 0 spiro atoms. The Morgan fingerprint density at radius 1 is 1.33 bits per heavy atom. The summed E-state index contributed by atoms with van der Waals surface area (Å²) in [7, 11) is 2.06. The van der Waals surface area contributed by atoms with Gasteiger partial charge in [0.15, 0.2) is 5.96 Å². The molecule has 3 rings (SSSR count). The second-order valence-electron chi connectivity index (χ2n) is 6.90. The number of rotatable bonds is 7. The van der Waals surface area contributed by atoms with Crippen molar-refractivity contribution in [1.82, 2.24) is 25.0 Å². The molecule has 0 unspecified atom stereocenters. The molecule has 0 atom stereocenters. The number of halogens is 1. The predicted octanol–water partition coefficient (Wildman–Crippen LogP) is 3.75. The number of nitrogens with zero attached hydrogens (tertiary/aromatic N) is 5. The second kappa shape index (κ2) is 10.1. The lowest BCUT2D eigenvalue weighted by atomic mass is 10.2. The third kappa shape index (κ3) is 5.69. The van der Waals surface area contributed by atoms with Gasteiger partial charge in [-0.05, 0) is 38.3 Å². The Bertz CT molecular complexity index is 753. The summed E-state index contributed by atoms with van der Waals surface area (Å²) in [5, 5.41) is 12.2. The van der Waals surface area contributed by atoms with Crippen LogP contribution in [0.1, 0.15) is 49.1 Å². The molecule has 0 aromatic carbocycles. The predicted molar refractivity (Wildman–Crippen MR) is 113 cm³/mol. The fourth-order valence-electron chi connectivity index (χ4n) is 3.37. The van der Waals surface area contributed by atoms with Crippen LogP contribution < -0.4 is 5.32 Å². The van der Waals surface area contributed by atoms with Gasteiger partial charge in [0.2, 0.25) is 0 Å². The molecule has 8 heteroatoms. The van der Waals surface area contributed by atoms with Gasteiger partial charge in [-0.25, -0.2) is 0 Å². The van der Waals surface area contributed by atoms with Crippen LogP contribution in [-0.4, -0.2) is 45.8 Å². The van der Waals surface area contributed by atoms with Gasteiger partial charge in [-0.15, -0.1) is 21.5 Å². The van der Waals surface area contributed by atoms with Gasteiger partial charge in [-0.3, -0.25) is 4.99 Å². The summed E-state index contributed by atoms with van der Waals surface area (Å²) in [4.78, 5) is 8.18. The van der Waals surface area contributed by atoms with E-state index in [1.807, 2.05) is 6.07 Å². The van der Waals surface area contributed by atoms with Gasteiger partial charge >= 0.3 is 0 Å². The van der Waals surface area contributed by atoms with E-state index >= 15 is 0 Å². The number of hydrogen-bond acceptors (Lipinski definition) is 4. The fourth-order valence-corrected chi connectivity index (χ4v) is 4.51. The van der Waals surface area contributed by atoms with E-state index in [0.717, 1.165) is 67.4 Å². The Hall–Kier alpha value is -1.60. The molecular formula is C19H29ClN6S. The lowest BCUT2D eigenvalue weighted by Gasteiger charge is -2.21. The Balaban J connectivity index is 1.53. The molecule has 0 aliphatic carbocycles. The second-order valence-corrected chi connectivity index (χ2v) is 8.70. The van der Waals surface area contributed by atoms with Crippen molar-refractivity contribution in [3.8, 4) is 0 Å². The van der Waals surface area contributed by atoms with Crippen LogP contribution in [0, 0.1) is 0 Å². The Kier molecular flexibility index (Phi) is 7.52. The quantitative estimate of drug-likeness (QED) is 0.430. The standard InChI is InChI=1S/C19H29ClN6S/c1-3-21-19(25(2)14-15-10-11-16(20)27-15)22-12-7-9-18-24-23-17-8-5-4-6-13-26(17)18/h10-11H,3-9,12-14H2,1-2H3,(H,21,22). The van der Waals surface area contributed by atoms with Gasteiger partial charge < -0.3 is 14.8 Å². The normalized spacial score (nSPS) is 14.7. The minimum Gasteiger partial charge on any atom is -0.357 e. The summed E-state index contributed by atoms with van der Waals surface area (Å²) in [5.74, 6) is 3.21. The zero-order chi connectivity index (χ0) is 19.1. The third-order valence-corrected chi connectivity index (χ3v) is 5.94. The molecule has 27 heavy (non-hydrogen) atoms. The van der Waals surface area contributed by atoms with Crippen LogP contribution in [0.5, 0.6) is 0 Å². The average molecular weight is 409 g/mol. The van der Waals surface area contributed by atoms with E-state index < -0.39 is 0 Å². The van der Waals surface area contributed by atoms with Crippen molar-refractivity contribution in [2.45, 2.75) is 58.5 Å². The van der Waals surface area contributed by atoms with Crippen LogP contribution in [0.4, 0.5) is 0 Å². The van der Waals surface area contributed by atoms with E-state index in [1.54, 1.807) is 11.3 Å². The Morgan fingerprint density at radius 2 is 2.22 bits per heavy atom. The molecular weight excluding hydrogens is 380 g/mol. The van der Waals surface area contributed by atoms with Crippen LogP contribution in [-0.2, 0) is 25.9 Å². The lowest BCUT2D eigenvalue weighted by molar-refractivity contribution is 0.481. The first-order valence-electron chi connectivity index (χ1n) is 9.82. The van der Waals surface area contributed by atoms with Gasteiger partial charge in [0.25, 0.3) is 0 Å². The molecule has 0 radical (unpaired) electrons. The molecule has 1 aliphatic heterocycles. The van der Waals surface area contributed by atoms with Gasteiger partial charge in [0, 0.05) is 44.4 Å². The van der Waals surface area contributed by atoms with Gasteiger partial charge in [0.1, 0.15) is 11.6 Å². The van der Waals surface area contributed by atoms with Gasteiger partial charge in [-0.1, -0.05) is 18.0 Å². The van der Waals surface area contributed by atoms with Gasteiger partial charge in [0.05, 0.1) is 10.9 Å². The number of aryl methyl sites for hydroxylation is 2. The van der Waals surface area contributed by atoms with Crippen LogP contribution in [0.3, 0.4) is 0 Å². The molecule has 6 nitrogen and oxygen atoms in total. The number of hydrogen-bond donors (Lipinski definition) is 1. The van der Waals surface area contributed by atoms with Crippen molar-refractivity contribution in [1.29, 1.82) is 0 Å². The smallest absolute Gasteiger partial charge is 0.193 e. The van der Waals surface area contributed by atoms with E-state index in [4.69, 9.17) is 16.6 Å². The largest absolute Gasteiger partial charge is 0.357 e. The zero-order valence-electron chi connectivity index (χ0n) is 16.2. The monoisotopic (exact) mass is 408 g/mol. The topological polar surface area (TPSA) is 58.3 Å². The summed E-state index contributed by atoms with van der Waals surface area (Å²) in [6.45, 7) is 5.60. The molecule has 2 aromatic rings. The van der Waals surface area contributed by atoms with Crippen molar-refractivity contribution in [2.24, 2.45) is 4.99 Å². The SMILES string of the molecule is CCNC(=NCCCc1nnc2n1CCCCC2)N(C)Cc1ccc(Cl)s1. The highest BCUT2D eigenvalue weighted by atomic mass is 35.5. The molecule has 148 valence electrons. The van der Waals surface area contributed by atoms with E-state index in [-0.39, 0.29) is 0 Å². The van der Waals surface area contributed by atoms with E-state index in [0.29, 0.717) is 0 Å². The summed E-state index contributed by atoms with van der Waals surface area (Å²) in [5.41, 5.74) is 0. The van der Waals surface area contributed by atoms with Crippen molar-refractivity contribution in [2.75, 3.05) is 20.1 Å². The maximum absolute atomic E-state index is 6.04. The van der Waals surface area contributed by atoms with E-state index in [2.05, 4.69) is 45.0 Å². The van der Waals surface area contributed by atoms with Gasteiger partial charge in [-0.2, -0.15) is 0 Å². The molecule has 3 heterocycles. The molecule has 0 fully saturated rings. The molecule has 1 aliphatic rings. The Morgan fingerprint density at radius 3 is 3.00 bits per heavy atom. The van der Waals surface area contributed by atoms with Crippen molar-refractivity contribution in [3.63, 3.8) is 0 Å². The molecule has 0 saturated carbocycles.